The Morgan fingerprint density at radius 2 is 2.00 bits per heavy atom. The van der Waals surface area contributed by atoms with Crippen molar-refractivity contribution in [2.24, 2.45) is 0 Å². The minimum atomic E-state index is -0.695. The van der Waals surface area contributed by atoms with E-state index in [2.05, 4.69) is 0 Å². The molecule has 0 bridgehead atoms. The van der Waals surface area contributed by atoms with E-state index >= 15 is 0 Å². The van der Waals surface area contributed by atoms with Gasteiger partial charge in [-0.3, -0.25) is 0 Å². The molecule has 0 amide bonds. The van der Waals surface area contributed by atoms with Crippen LogP contribution in [0.3, 0.4) is 0 Å². The van der Waals surface area contributed by atoms with Crippen LogP contribution >= 0.6 is 0 Å². The summed E-state index contributed by atoms with van der Waals surface area (Å²) in [6.07, 6.45) is 0.376. The molecule has 1 aliphatic rings. The summed E-state index contributed by atoms with van der Waals surface area (Å²) in [5.41, 5.74) is 1.79. The molecular formula is C17H14F2O2. The average Bonchev–Trinajstić information content (AvgIpc) is 2.46. The van der Waals surface area contributed by atoms with Crippen molar-refractivity contribution in [2.45, 2.75) is 25.9 Å². The van der Waals surface area contributed by atoms with Crippen LogP contribution in [0.15, 0.2) is 36.4 Å². The number of carbonyl (C=O) groups excluding carboxylic acids is 1. The molecule has 0 saturated heterocycles. The lowest BCUT2D eigenvalue weighted by atomic mass is 9.93. The van der Waals surface area contributed by atoms with Crippen LogP contribution in [0.25, 0.3) is 0 Å². The minimum Gasteiger partial charge on any atom is -0.453 e. The number of cyclic esters (lactones) is 1. The van der Waals surface area contributed by atoms with Gasteiger partial charge in [-0.1, -0.05) is 31.2 Å². The van der Waals surface area contributed by atoms with Crippen molar-refractivity contribution < 1.29 is 18.3 Å². The summed E-state index contributed by atoms with van der Waals surface area (Å²) >= 11 is 0. The number of fused-ring (bicyclic) bond motifs is 1. The van der Waals surface area contributed by atoms with E-state index < -0.39 is 17.9 Å². The van der Waals surface area contributed by atoms with Crippen molar-refractivity contribution >= 4 is 5.97 Å². The summed E-state index contributed by atoms with van der Waals surface area (Å²) in [7, 11) is 0. The van der Waals surface area contributed by atoms with E-state index in [0.717, 1.165) is 0 Å². The van der Waals surface area contributed by atoms with E-state index in [1.54, 1.807) is 24.3 Å². The molecule has 2 aromatic carbocycles. The van der Waals surface area contributed by atoms with Gasteiger partial charge in [0.1, 0.15) is 17.7 Å². The minimum absolute atomic E-state index is 0.0144. The first-order chi connectivity index (χ1) is 10.1. The number of carbonyl (C=O) groups is 1. The van der Waals surface area contributed by atoms with Gasteiger partial charge in [0.15, 0.2) is 0 Å². The second-order valence-corrected chi connectivity index (χ2v) is 5.08. The molecule has 0 radical (unpaired) electrons. The van der Waals surface area contributed by atoms with Gasteiger partial charge in [-0.25, -0.2) is 13.6 Å². The second kappa shape index (κ2) is 5.28. The lowest BCUT2D eigenvalue weighted by Gasteiger charge is -2.25. The molecule has 0 aliphatic carbocycles. The van der Waals surface area contributed by atoms with Gasteiger partial charge in [-0.15, -0.1) is 0 Å². The molecule has 21 heavy (non-hydrogen) atoms. The zero-order valence-electron chi connectivity index (χ0n) is 11.5. The quantitative estimate of drug-likeness (QED) is 0.781. The van der Waals surface area contributed by atoms with E-state index in [0.29, 0.717) is 29.5 Å². The van der Waals surface area contributed by atoms with E-state index in [9.17, 15) is 13.6 Å². The molecule has 1 heterocycles. The zero-order chi connectivity index (χ0) is 15.0. The highest BCUT2D eigenvalue weighted by Gasteiger charge is 2.30. The van der Waals surface area contributed by atoms with Crippen LogP contribution in [0.1, 0.15) is 40.1 Å². The molecule has 3 rings (SSSR count). The molecule has 0 fully saturated rings. The second-order valence-electron chi connectivity index (χ2n) is 5.08. The number of halogens is 2. The van der Waals surface area contributed by atoms with Crippen molar-refractivity contribution in [3.63, 3.8) is 0 Å². The van der Waals surface area contributed by atoms with Crippen LogP contribution in [0.2, 0.25) is 0 Å². The number of ether oxygens (including phenoxy) is 1. The summed E-state index contributed by atoms with van der Waals surface area (Å²) in [5, 5.41) is 0. The first-order valence-corrected chi connectivity index (χ1v) is 6.87. The lowest BCUT2D eigenvalue weighted by Crippen LogP contribution is -2.23. The van der Waals surface area contributed by atoms with Crippen LogP contribution in [-0.4, -0.2) is 5.97 Å². The Kier molecular flexibility index (Phi) is 3.45. The maximum atomic E-state index is 13.9. The Balaban J connectivity index is 1.96. The van der Waals surface area contributed by atoms with Crippen molar-refractivity contribution in [1.29, 1.82) is 0 Å². The Morgan fingerprint density at radius 1 is 1.19 bits per heavy atom. The molecule has 1 aliphatic heterocycles. The number of rotatable bonds is 2. The Hall–Kier alpha value is -2.23. The number of hydrogen-bond donors (Lipinski definition) is 0. The van der Waals surface area contributed by atoms with Crippen LogP contribution in [0.4, 0.5) is 8.78 Å². The third-order valence-electron chi connectivity index (χ3n) is 3.79. The van der Waals surface area contributed by atoms with Gasteiger partial charge in [0, 0.05) is 6.42 Å². The molecule has 0 aromatic heterocycles. The van der Waals surface area contributed by atoms with Crippen molar-refractivity contribution in [1.82, 2.24) is 0 Å². The Labute approximate surface area is 121 Å². The number of aryl methyl sites for hydroxylation is 1. The van der Waals surface area contributed by atoms with E-state index in [1.807, 2.05) is 6.92 Å². The van der Waals surface area contributed by atoms with Gasteiger partial charge in [0.2, 0.25) is 0 Å². The van der Waals surface area contributed by atoms with E-state index in [-0.39, 0.29) is 11.4 Å². The topological polar surface area (TPSA) is 26.3 Å². The molecule has 108 valence electrons. The van der Waals surface area contributed by atoms with E-state index in [1.165, 1.54) is 12.1 Å². The van der Waals surface area contributed by atoms with E-state index in [4.69, 9.17) is 4.74 Å². The van der Waals surface area contributed by atoms with Gasteiger partial charge in [-0.05, 0) is 35.2 Å². The summed E-state index contributed by atoms with van der Waals surface area (Å²) in [6, 6.07) is 9.33. The number of hydrogen-bond acceptors (Lipinski definition) is 2. The molecular weight excluding hydrogens is 274 g/mol. The van der Waals surface area contributed by atoms with Gasteiger partial charge in [0.05, 0.1) is 5.56 Å². The zero-order valence-corrected chi connectivity index (χ0v) is 11.5. The highest BCUT2D eigenvalue weighted by atomic mass is 19.1. The Bertz CT molecular complexity index is 710. The first-order valence-electron chi connectivity index (χ1n) is 6.87. The first kappa shape index (κ1) is 13.7. The van der Waals surface area contributed by atoms with Crippen LogP contribution in [0, 0.1) is 11.6 Å². The standard InChI is InChI=1S/C17H14F2O2/c1-2-10-6-7-11(8-14(10)19)15-9-12-4-3-5-13(18)16(12)17(20)21-15/h3-8,15H,2,9H2,1H3. The smallest absolute Gasteiger partial charge is 0.342 e. The van der Waals surface area contributed by atoms with Crippen LogP contribution in [-0.2, 0) is 17.6 Å². The fourth-order valence-electron chi connectivity index (χ4n) is 2.63. The molecule has 4 heteroatoms. The third kappa shape index (κ3) is 2.42. The molecule has 0 saturated carbocycles. The van der Waals surface area contributed by atoms with Crippen molar-refractivity contribution in [2.75, 3.05) is 0 Å². The summed E-state index contributed by atoms with van der Waals surface area (Å²) in [5.74, 6) is -1.58. The number of esters is 1. The van der Waals surface area contributed by atoms with Gasteiger partial charge < -0.3 is 4.74 Å². The number of benzene rings is 2. The maximum Gasteiger partial charge on any atom is 0.342 e. The van der Waals surface area contributed by atoms with Gasteiger partial charge >= 0.3 is 5.97 Å². The van der Waals surface area contributed by atoms with Crippen molar-refractivity contribution in [3.05, 3.63) is 70.3 Å². The van der Waals surface area contributed by atoms with Crippen molar-refractivity contribution in [3.8, 4) is 0 Å². The highest BCUT2D eigenvalue weighted by Crippen LogP contribution is 2.32. The summed E-state index contributed by atoms with van der Waals surface area (Å²) in [6.45, 7) is 1.87. The lowest BCUT2D eigenvalue weighted by molar-refractivity contribution is 0.0245. The molecule has 2 aromatic rings. The van der Waals surface area contributed by atoms with Crippen LogP contribution in [0.5, 0.6) is 0 Å². The molecule has 0 spiro atoms. The predicted octanol–water partition coefficient (Wildman–Crippen LogP) is 3.98. The normalized spacial score (nSPS) is 17.3. The summed E-state index contributed by atoms with van der Waals surface area (Å²) in [4.78, 5) is 11.9. The maximum absolute atomic E-state index is 13.9. The molecule has 1 atom stereocenters. The Morgan fingerprint density at radius 3 is 2.71 bits per heavy atom. The third-order valence-corrected chi connectivity index (χ3v) is 3.79. The summed E-state index contributed by atoms with van der Waals surface area (Å²) < 4.78 is 32.8. The molecule has 2 nitrogen and oxygen atoms in total. The average molecular weight is 288 g/mol. The SMILES string of the molecule is CCc1ccc(C2Cc3cccc(F)c3C(=O)O2)cc1F. The molecule has 1 unspecified atom stereocenters. The largest absolute Gasteiger partial charge is 0.453 e. The van der Waals surface area contributed by atoms with Crippen LogP contribution < -0.4 is 0 Å². The fraction of sp³-hybridized carbons (Fsp3) is 0.235. The molecule has 0 N–H and O–H groups in total. The monoisotopic (exact) mass is 288 g/mol. The fourth-order valence-corrected chi connectivity index (χ4v) is 2.63. The highest BCUT2D eigenvalue weighted by molar-refractivity contribution is 5.92. The predicted molar refractivity (Wildman–Crippen MR) is 74.0 cm³/mol. The van der Waals surface area contributed by atoms with Gasteiger partial charge in [0.25, 0.3) is 0 Å². The van der Waals surface area contributed by atoms with Gasteiger partial charge in [-0.2, -0.15) is 0 Å².